The van der Waals surface area contributed by atoms with Crippen LogP contribution in [0.4, 0.5) is 0 Å². The molecule has 1 aliphatic carbocycles. The van der Waals surface area contributed by atoms with Crippen LogP contribution in [0.15, 0.2) is 30.3 Å². The molecular formula is C18H29N3O. The Balaban J connectivity index is 1.72. The lowest BCUT2D eigenvalue weighted by Crippen LogP contribution is -2.53. The molecule has 0 aliphatic heterocycles. The van der Waals surface area contributed by atoms with Gasteiger partial charge in [0.05, 0.1) is 5.92 Å². The summed E-state index contributed by atoms with van der Waals surface area (Å²) in [4.78, 5) is 14.6. The third kappa shape index (κ3) is 4.82. The van der Waals surface area contributed by atoms with E-state index in [1.165, 1.54) is 5.56 Å². The third-order valence-corrected chi connectivity index (χ3v) is 4.66. The highest BCUT2D eigenvalue weighted by Gasteiger charge is 2.37. The van der Waals surface area contributed by atoms with Gasteiger partial charge in [0.1, 0.15) is 0 Å². The molecule has 0 radical (unpaired) electrons. The maximum absolute atomic E-state index is 12.3. The molecule has 1 aromatic rings. The van der Waals surface area contributed by atoms with Gasteiger partial charge in [-0.25, -0.2) is 0 Å². The predicted octanol–water partition coefficient (Wildman–Crippen LogP) is 2.14. The van der Waals surface area contributed by atoms with Crippen LogP contribution in [0.2, 0.25) is 0 Å². The van der Waals surface area contributed by atoms with Gasteiger partial charge in [0.2, 0.25) is 5.91 Å². The molecule has 1 aromatic carbocycles. The van der Waals surface area contributed by atoms with Crippen molar-refractivity contribution in [3.05, 3.63) is 35.9 Å². The quantitative estimate of drug-likeness (QED) is 0.846. The lowest BCUT2D eigenvalue weighted by molar-refractivity contribution is -0.128. The highest BCUT2D eigenvalue weighted by molar-refractivity contribution is 5.80. The molecule has 1 amide bonds. The van der Waals surface area contributed by atoms with Crippen LogP contribution in [-0.4, -0.2) is 36.5 Å². The van der Waals surface area contributed by atoms with Crippen molar-refractivity contribution >= 4 is 5.91 Å². The van der Waals surface area contributed by atoms with Crippen LogP contribution in [0.3, 0.4) is 0 Å². The zero-order chi connectivity index (χ0) is 16.0. The Kier molecular flexibility index (Phi) is 5.98. The smallest absolute Gasteiger partial charge is 0.225 e. The van der Waals surface area contributed by atoms with Gasteiger partial charge in [-0.3, -0.25) is 4.79 Å². The number of rotatable bonds is 6. The van der Waals surface area contributed by atoms with Gasteiger partial charge in [0.25, 0.3) is 0 Å². The Hall–Kier alpha value is -1.39. The summed E-state index contributed by atoms with van der Waals surface area (Å²) in [5.41, 5.74) is 7.23. The normalized spacial score (nSPS) is 25.2. The van der Waals surface area contributed by atoms with E-state index in [1.807, 2.05) is 13.0 Å². The molecule has 0 saturated heterocycles. The number of likely N-dealkylation sites (N-methyl/N-ethyl adjacent to an activating group) is 1. The van der Waals surface area contributed by atoms with E-state index in [0.29, 0.717) is 6.54 Å². The summed E-state index contributed by atoms with van der Waals surface area (Å²) in [5.74, 6) is 0.0819. The first-order chi connectivity index (χ1) is 10.5. The lowest BCUT2D eigenvalue weighted by atomic mass is 9.74. The molecule has 1 aliphatic rings. The number of nitrogens with two attached hydrogens (primary N) is 1. The van der Waals surface area contributed by atoms with Crippen molar-refractivity contribution in [1.82, 2.24) is 10.2 Å². The number of carbonyl (C=O) groups excluding carboxylic acids is 1. The molecule has 0 spiro atoms. The van der Waals surface area contributed by atoms with Gasteiger partial charge >= 0.3 is 0 Å². The SMILES string of the molecule is CN(CCNC(=O)C1CCCCC1(C)N)Cc1ccccc1. The summed E-state index contributed by atoms with van der Waals surface area (Å²) < 4.78 is 0. The summed E-state index contributed by atoms with van der Waals surface area (Å²) in [5, 5.41) is 3.06. The number of nitrogens with zero attached hydrogens (tertiary/aromatic N) is 1. The predicted molar refractivity (Wildman–Crippen MR) is 90.3 cm³/mol. The number of nitrogens with one attached hydrogen (secondary N) is 1. The minimum atomic E-state index is -0.349. The van der Waals surface area contributed by atoms with Crippen molar-refractivity contribution in [2.45, 2.75) is 44.7 Å². The third-order valence-electron chi connectivity index (χ3n) is 4.66. The van der Waals surface area contributed by atoms with E-state index in [4.69, 9.17) is 5.73 Å². The van der Waals surface area contributed by atoms with Crippen molar-refractivity contribution in [2.75, 3.05) is 20.1 Å². The fourth-order valence-corrected chi connectivity index (χ4v) is 3.26. The largest absolute Gasteiger partial charge is 0.355 e. The Bertz CT molecular complexity index is 472. The molecule has 2 atom stereocenters. The van der Waals surface area contributed by atoms with Crippen LogP contribution < -0.4 is 11.1 Å². The van der Waals surface area contributed by atoms with Crippen molar-refractivity contribution in [3.63, 3.8) is 0 Å². The lowest BCUT2D eigenvalue weighted by Gasteiger charge is -2.37. The average molecular weight is 303 g/mol. The van der Waals surface area contributed by atoms with Crippen LogP contribution in [-0.2, 0) is 11.3 Å². The molecular weight excluding hydrogens is 274 g/mol. The monoisotopic (exact) mass is 303 g/mol. The number of carbonyl (C=O) groups is 1. The van der Waals surface area contributed by atoms with Gasteiger partial charge in [-0.15, -0.1) is 0 Å². The van der Waals surface area contributed by atoms with Crippen LogP contribution in [0.1, 0.15) is 38.2 Å². The van der Waals surface area contributed by atoms with E-state index < -0.39 is 0 Å². The van der Waals surface area contributed by atoms with E-state index in [2.05, 4.69) is 41.5 Å². The van der Waals surface area contributed by atoms with Crippen molar-refractivity contribution < 1.29 is 4.79 Å². The van der Waals surface area contributed by atoms with E-state index in [1.54, 1.807) is 0 Å². The number of hydrogen-bond acceptors (Lipinski definition) is 3. The van der Waals surface area contributed by atoms with Gasteiger partial charge in [-0.05, 0) is 32.4 Å². The van der Waals surface area contributed by atoms with Crippen LogP contribution in [0.25, 0.3) is 0 Å². The second-order valence-electron chi connectivity index (χ2n) is 6.82. The zero-order valence-electron chi connectivity index (χ0n) is 13.8. The Morgan fingerprint density at radius 3 is 2.77 bits per heavy atom. The van der Waals surface area contributed by atoms with E-state index in [0.717, 1.165) is 38.8 Å². The second-order valence-corrected chi connectivity index (χ2v) is 6.82. The standard InChI is InChI=1S/C18H29N3O/c1-18(19)11-7-6-10-16(18)17(22)20-12-13-21(2)14-15-8-4-3-5-9-15/h3-5,8-9,16H,6-7,10-14,19H2,1-2H3,(H,20,22). The van der Waals surface area contributed by atoms with Crippen molar-refractivity contribution in [3.8, 4) is 0 Å². The highest BCUT2D eigenvalue weighted by Crippen LogP contribution is 2.31. The van der Waals surface area contributed by atoms with Gasteiger partial charge < -0.3 is 16.0 Å². The first-order valence-corrected chi connectivity index (χ1v) is 8.28. The summed E-state index contributed by atoms with van der Waals surface area (Å²) in [6.07, 6.45) is 4.10. The van der Waals surface area contributed by atoms with Gasteiger partial charge in [-0.2, -0.15) is 0 Å². The maximum Gasteiger partial charge on any atom is 0.225 e. The Morgan fingerprint density at radius 1 is 1.36 bits per heavy atom. The second kappa shape index (κ2) is 7.75. The van der Waals surface area contributed by atoms with Crippen LogP contribution >= 0.6 is 0 Å². The molecule has 22 heavy (non-hydrogen) atoms. The van der Waals surface area contributed by atoms with E-state index >= 15 is 0 Å². The average Bonchev–Trinajstić information content (AvgIpc) is 2.47. The molecule has 2 unspecified atom stereocenters. The number of benzene rings is 1. The molecule has 4 heteroatoms. The topological polar surface area (TPSA) is 58.4 Å². The fourth-order valence-electron chi connectivity index (χ4n) is 3.26. The van der Waals surface area contributed by atoms with Gasteiger partial charge in [0.15, 0.2) is 0 Å². The van der Waals surface area contributed by atoms with Gasteiger partial charge in [-0.1, -0.05) is 43.2 Å². The molecule has 3 N–H and O–H groups in total. The molecule has 0 aromatic heterocycles. The van der Waals surface area contributed by atoms with Crippen LogP contribution in [0, 0.1) is 5.92 Å². The molecule has 2 rings (SSSR count). The minimum absolute atomic E-state index is 0.0410. The molecule has 1 saturated carbocycles. The molecule has 122 valence electrons. The van der Waals surface area contributed by atoms with Crippen molar-refractivity contribution in [2.24, 2.45) is 11.7 Å². The van der Waals surface area contributed by atoms with E-state index in [-0.39, 0.29) is 17.4 Å². The molecule has 1 fully saturated rings. The molecule has 0 bridgehead atoms. The summed E-state index contributed by atoms with van der Waals surface area (Å²) in [7, 11) is 2.08. The van der Waals surface area contributed by atoms with Crippen molar-refractivity contribution in [1.29, 1.82) is 0 Å². The summed E-state index contributed by atoms with van der Waals surface area (Å²) >= 11 is 0. The Labute approximate surface area is 134 Å². The minimum Gasteiger partial charge on any atom is -0.355 e. The maximum atomic E-state index is 12.3. The summed E-state index contributed by atoms with van der Waals surface area (Å²) in [6, 6.07) is 10.4. The summed E-state index contributed by atoms with van der Waals surface area (Å²) in [6.45, 7) is 4.43. The van der Waals surface area contributed by atoms with Crippen LogP contribution in [0.5, 0.6) is 0 Å². The number of hydrogen-bond donors (Lipinski definition) is 2. The zero-order valence-corrected chi connectivity index (χ0v) is 13.8. The first kappa shape index (κ1) is 17.0. The van der Waals surface area contributed by atoms with Gasteiger partial charge in [0, 0.05) is 25.2 Å². The molecule has 4 nitrogen and oxygen atoms in total. The highest BCUT2D eigenvalue weighted by atomic mass is 16.1. The van der Waals surface area contributed by atoms with E-state index in [9.17, 15) is 4.79 Å². The first-order valence-electron chi connectivity index (χ1n) is 8.28. The number of amides is 1. The fraction of sp³-hybridized carbons (Fsp3) is 0.611. The Morgan fingerprint density at radius 2 is 2.09 bits per heavy atom. The molecule has 0 heterocycles.